The number of aliphatic hydroxyl groups is 1. The minimum atomic E-state index is -4.67. The van der Waals surface area contributed by atoms with Crippen molar-refractivity contribution < 1.29 is 67.6 Å². The third kappa shape index (κ3) is 451. The van der Waals surface area contributed by atoms with Crippen LogP contribution in [0.2, 0.25) is 0 Å². The van der Waals surface area contributed by atoms with Crippen LogP contribution >= 0.6 is 0 Å². The summed E-state index contributed by atoms with van der Waals surface area (Å²) in [5.74, 6) is -1.19. The van der Waals surface area contributed by atoms with Gasteiger partial charge in [0.05, 0.1) is 0 Å². The second kappa shape index (κ2) is 23.7. The minimum absolute atomic E-state index is 0. The molecule has 1 unspecified atom stereocenters. The van der Waals surface area contributed by atoms with E-state index in [4.69, 9.17) is 62.8 Å². The standard InChI is InChI=1S/C3H6O3.3Al.Na.3H2O4S.10H/c1-2(4)3(5)6;;;;;3*1-5(2,3)4;;;;;;;;;;/h2,4H,1H3,(H,5,6);;;;;3*(H2,1,2,3,4);;;;;;;;;;. The van der Waals surface area contributed by atoms with Crippen LogP contribution in [0.1, 0.15) is 6.92 Å². The molecule has 0 saturated carbocycles. The molecule has 0 aromatic rings. The fourth-order valence-electron chi connectivity index (χ4n) is 0. The Morgan fingerprint density at radius 3 is 0.720 bits per heavy atom. The zero-order chi connectivity index (χ0) is 18.7. The van der Waals surface area contributed by atoms with Gasteiger partial charge in [-0.25, -0.2) is 4.79 Å². The maximum absolute atomic E-state index is 9.45. The molecule has 0 aliphatic rings. The van der Waals surface area contributed by atoms with Crippen LogP contribution in [0.5, 0.6) is 0 Å². The van der Waals surface area contributed by atoms with Gasteiger partial charge >= 0.3 is 66.7 Å². The predicted octanol–water partition coefficient (Wildman–Crippen LogP) is -6.71. The quantitative estimate of drug-likeness (QED) is 0.123. The first kappa shape index (κ1) is 50.4. The number of hydrogen-bond donors (Lipinski definition) is 8. The Balaban J connectivity index is -0.0000000245. The summed E-state index contributed by atoms with van der Waals surface area (Å²) < 4.78 is 94.8. The van der Waals surface area contributed by atoms with Gasteiger partial charge in [0.25, 0.3) is 0 Å². The van der Waals surface area contributed by atoms with Crippen molar-refractivity contribution in [3.05, 3.63) is 0 Å². The van der Waals surface area contributed by atoms with Crippen molar-refractivity contribution in [1.82, 2.24) is 0 Å². The second-order valence-corrected chi connectivity index (χ2v) is 5.04. The van der Waals surface area contributed by atoms with E-state index >= 15 is 0 Å². The molecule has 8 N–H and O–H groups in total. The molecule has 0 heterocycles. The molecule has 1 atom stereocenters. The fourth-order valence-corrected chi connectivity index (χ4v) is 0. The molecule has 22 heteroatoms. The number of aliphatic hydroxyl groups excluding tert-OH is 1. The van der Waals surface area contributed by atoms with Gasteiger partial charge in [-0.3, -0.25) is 27.3 Å². The average molecular weight is 498 g/mol. The van der Waals surface area contributed by atoms with Crippen LogP contribution in [0.3, 0.4) is 0 Å². The van der Waals surface area contributed by atoms with Gasteiger partial charge in [0.2, 0.25) is 0 Å². The number of rotatable bonds is 1. The van der Waals surface area contributed by atoms with Crippen molar-refractivity contribution in [2.24, 2.45) is 0 Å². The monoisotopic (exact) mass is 498 g/mol. The third-order valence-electron chi connectivity index (χ3n) is 0.357. The van der Waals surface area contributed by atoms with Crippen molar-refractivity contribution in [2.45, 2.75) is 13.0 Å². The van der Waals surface area contributed by atoms with Gasteiger partial charge in [-0.15, -0.1) is 0 Å². The second-order valence-electron chi connectivity index (χ2n) is 2.36. The van der Waals surface area contributed by atoms with Gasteiger partial charge in [0, 0.05) is 0 Å². The summed E-state index contributed by atoms with van der Waals surface area (Å²) >= 11 is 0. The number of carbonyl (C=O) groups is 1. The van der Waals surface area contributed by atoms with E-state index in [1.165, 1.54) is 6.92 Å². The van der Waals surface area contributed by atoms with Gasteiger partial charge in [0.15, 0.2) is 52.1 Å². The zero-order valence-electron chi connectivity index (χ0n) is 9.74. The molecule has 152 valence electrons. The van der Waals surface area contributed by atoms with Crippen LogP contribution < -0.4 is 0 Å². The Labute approximate surface area is 197 Å². The molecule has 0 rings (SSSR count). The van der Waals surface area contributed by atoms with E-state index in [0.29, 0.717) is 0 Å². The Kier molecular flexibility index (Phi) is 47.7. The molecule has 0 bridgehead atoms. The van der Waals surface area contributed by atoms with Crippen LogP contribution in [-0.4, -0.2) is 156 Å². The number of carboxylic acids is 1. The molecular weight excluding hydrogens is 476 g/mol. The Bertz CT molecular complexity index is 485. The predicted molar refractivity (Wildman–Crippen MR) is 98.8 cm³/mol. The summed E-state index contributed by atoms with van der Waals surface area (Å²) in [6, 6.07) is 0. The first-order chi connectivity index (χ1) is 8.64. The van der Waals surface area contributed by atoms with Crippen molar-refractivity contribution >= 4 is 119 Å². The van der Waals surface area contributed by atoms with E-state index < -0.39 is 43.3 Å². The molecule has 0 amide bonds. The summed E-state index contributed by atoms with van der Waals surface area (Å²) in [7, 11) is -14.0. The number of aliphatic carboxylic acids is 1. The van der Waals surface area contributed by atoms with E-state index in [0.717, 1.165) is 0 Å². The molecule has 0 spiro atoms. The number of carboxylic acid groups (broad SMARTS) is 1. The first-order valence-electron chi connectivity index (χ1n) is 3.65. The topological polar surface area (TPSA) is 281 Å². The van der Waals surface area contributed by atoms with Crippen LogP contribution in [0, 0.1) is 0 Å². The zero-order valence-corrected chi connectivity index (χ0v) is 12.2. The first-order valence-corrected chi connectivity index (χ1v) is 7.84. The molecule has 0 aromatic heterocycles. The van der Waals surface area contributed by atoms with Crippen LogP contribution in [-0.2, 0) is 36.0 Å². The third-order valence-corrected chi connectivity index (χ3v) is 0.357. The fraction of sp³-hybridized carbons (Fsp3) is 0.667. The summed E-state index contributed by atoms with van der Waals surface area (Å²) in [6.07, 6.45) is -1.23. The SMILES string of the molecule is CC(O)C(=O)O.O=S(=O)(O)O.O=S(=O)(O)O.O=S(=O)(O)O.[AlH3].[AlH3].[AlH3].[NaH]. The van der Waals surface area contributed by atoms with Gasteiger partial charge in [-0.2, -0.15) is 25.3 Å². The van der Waals surface area contributed by atoms with E-state index in [-0.39, 0.29) is 81.6 Å². The van der Waals surface area contributed by atoms with Gasteiger partial charge in [-0.05, 0) is 6.92 Å². The van der Waals surface area contributed by atoms with Crippen molar-refractivity contribution in [2.75, 3.05) is 0 Å². The van der Waals surface area contributed by atoms with Gasteiger partial charge in [0.1, 0.15) is 6.10 Å². The van der Waals surface area contributed by atoms with Crippen LogP contribution in [0.15, 0.2) is 0 Å². The maximum atomic E-state index is 9.45. The van der Waals surface area contributed by atoms with E-state index in [1.807, 2.05) is 0 Å². The van der Waals surface area contributed by atoms with E-state index in [9.17, 15) is 4.79 Å². The van der Waals surface area contributed by atoms with Crippen LogP contribution in [0.25, 0.3) is 0 Å². The molecule has 0 fully saturated rings. The summed E-state index contributed by atoms with van der Waals surface area (Å²) in [4.78, 5) is 9.45. The summed E-state index contributed by atoms with van der Waals surface area (Å²) in [6.45, 7) is 1.20. The average Bonchev–Trinajstić information content (AvgIpc) is 1.92. The molecule has 0 aliphatic carbocycles. The Morgan fingerprint density at radius 1 is 0.680 bits per heavy atom. The van der Waals surface area contributed by atoms with Gasteiger partial charge < -0.3 is 10.2 Å². The molecular formula is C3H22Al3NaO15S3. The molecule has 25 heavy (non-hydrogen) atoms. The molecule has 0 aromatic carbocycles. The Morgan fingerprint density at radius 2 is 0.720 bits per heavy atom. The molecule has 0 radical (unpaired) electrons. The summed E-state index contributed by atoms with van der Waals surface area (Å²) in [5, 5.41) is 15.8. The molecule has 0 saturated heterocycles. The molecule has 0 aliphatic heterocycles. The normalized spacial score (nSPS) is 10.2. The van der Waals surface area contributed by atoms with Crippen molar-refractivity contribution in [3.8, 4) is 0 Å². The van der Waals surface area contributed by atoms with Crippen molar-refractivity contribution in [1.29, 1.82) is 0 Å². The Hall–Kier alpha value is 1.64. The van der Waals surface area contributed by atoms with E-state index in [1.54, 1.807) is 0 Å². The van der Waals surface area contributed by atoms with Gasteiger partial charge in [-0.1, -0.05) is 0 Å². The number of hydrogen-bond acceptors (Lipinski definition) is 8. The van der Waals surface area contributed by atoms with Crippen LogP contribution in [0.4, 0.5) is 0 Å². The summed E-state index contributed by atoms with van der Waals surface area (Å²) in [5.41, 5.74) is 0. The van der Waals surface area contributed by atoms with Crippen molar-refractivity contribution in [3.63, 3.8) is 0 Å². The molecule has 15 nitrogen and oxygen atoms in total. The van der Waals surface area contributed by atoms with E-state index in [2.05, 4.69) is 0 Å².